The largest absolute Gasteiger partial charge is 0.462 e. The van der Waals surface area contributed by atoms with Crippen LogP contribution in [0.25, 0.3) is 21.3 Å². The minimum absolute atomic E-state index is 0.146. The summed E-state index contributed by atoms with van der Waals surface area (Å²) in [6, 6.07) is 5.97. The second kappa shape index (κ2) is 5.37. The van der Waals surface area contributed by atoms with Crippen molar-refractivity contribution in [2.75, 3.05) is 6.54 Å². The number of carbonyl (C=O) groups is 1. The molecule has 0 N–H and O–H groups in total. The van der Waals surface area contributed by atoms with E-state index >= 15 is 0 Å². The summed E-state index contributed by atoms with van der Waals surface area (Å²) in [5.41, 5.74) is 2.25. The number of amides is 1. The minimum atomic E-state index is 0.146. The van der Waals surface area contributed by atoms with E-state index in [2.05, 4.69) is 16.4 Å². The predicted octanol–water partition coefficient (Wildman–Crippen LogP) is 4.04. The molecule has 4 nitrogen and oxygen atoms in total. The lowest BCUT2D eigenvalue weighted by Crippen LogP contribution is -2.33. The van der Waals surface area contributed by atoms with Gasteiger partial charge in [-0.3, -0.25) is 4.79 Å². The standard InChI is InChI=1S/C16H14N2O2S2/c1-10(19)18-5-4-14-11(8-18)7-15(22-14)12-9-21-16(17-12)13-3-2-6-20-13/h2-3,6-7,9H,4-5,8H2,1H3. The molecule has 1 aliphatic rings. The Kier molecular flexibility index (Phi) is 3.35. The first-order chi connectivity index (χ1) is 10.7. The van der Waals surface area contributed by atoms with Gasteiger partial charge in [0.25, 0.3) is 0 Å². The van der Waals surface area contributed by atoms with Gasteiger partial charge in [-0.15, -0.1) is 22.7 Å². The van der Waals surface area contributed by atoms with Gasteiger partial charge in [0, 0.05) is 30.3 Å². The summed E-state index contributed by atoms with van der Waals surface area (Å²) in [4.78, 5) is 20.6. The van der Waals surface area contributed by atoms with Crippen LogP contribution in [0.3, 0.4) is 0 Å². The van der Waals surface area contributed by atoms with E-state index in [0.717, 1.165) is 36.0 Å². The fraction of sp³-hybridized carbons (Fsp3) is 0.250. The molecular weight excluding hydrogens is 316 g/mol. The number of furan rings is 1. The molecule has 0 radical (unpaired) electrons. The first-order valence-electron chi connectivity index (χ1n) is 7.07. The van der Waals surface area contributed by atoms with Crippen LogP contribution in [0.4, 0.5) is 0 Å². The molecule has 0 unspecified atom stereocenters. The van der Waals surface area contributed by atoms with Crippen molar-refractivity contribution in [3.05, 3.63) is 40.3 Å². The number of thiophene rings is 1. The van der Waals surface area contributed by atoms with Gasteiger partial charge in [-0.1, -0.05) is 0 Å². The second-order valence-electron chi connectivity index (χ2n) is 5.26. The highest BCUT2D eigenvalue weighted by molar-refractivity contribution is 7.17. The summed E-state index contributed by atoms with van der Waals surface area (Å²) >= 11 is 3.38. The number of aromatic nitrogens is 1. The van der Waals surface area contributed by atoms with Crippen molar-refractivity contribution in [2.24, 2.45) is 0 Å². The molecular formula is C16H14N2O2S2. The Labute approximate surface area is 136 Å². The third kappa shape index (κ3) is 2.38. The average molecular weight is 330 g/mol. The van der Waals surface area contributed by atoms with Crippen molar-refractivity contribution >= 4 is 28.6 Å². The highest BCUT2D eigenvalue weighted by Crippen LogP contribution is 2.36. The molecule has 22 heavy (non-hydrogen) atoms. The molecule has 6 heteroatoms. The zero-order valence-corrected chi connectivity index (χ0v) is 13.7. The molecule has 0 saturated heterocycles. The number of hydrogen-bond acceptors (Lipinski definition) is 5. The number of fused-ring (bicyclic) bond motifs is 1. The van der Waals surface area contributed by atoms with Crippen molar-refractivity contribution in [2.45, 2.75) is 19.9 Å². The van der Waals surface area contributed by atoms with Crippen molar-refractivity contribution < 1.29 is 9.21 Å². The third-order valence-electron chi connectivity index (χ3n) is 3.80. The number of rotatable bonds is 2. The predicted molar refractivity (Wildman–Crippen MR) is 87.9 cm³/mol. The summed E-state index contributed by atoms with van der Waals surface area (Å²) in [6.07, 6.45) is 2.60. The maximum atomic E-state index is 11.5. The van der Waals surface area contributed by atoms with Crippen LogP contribution in [0.5, 0.6) is 0 Å². The Bertz CT molecular complexity index is 817. The van der Waals surface area contributed by atoms with Gasteiger partial charge in [0.2, 0.25) is 5.91 Å². The molecule has 3 aromatic heterocycles. The Balaban J connectivity index is 1.63. The normalized spacial score (nSPS) is 14.1. The smallest absolute Gasteiger partial charge is 0.219 e. The highest BCUT2D eigenvalue weighted by Gasteiger charge is 2.22. The van der Waals surface area contributed by atoms with Crippen molar-refractivity contribution in [3.63, 3.8) is 0 Å². The minimum Gasteiger partial charge on any atom is -0.462 e. The summed E-state index contributed by atoms with van der Waals surface area (Å²) in [6.45, 7) is 3.17. The Hall–Kier alpha value is -1.92. The van der Waals surface area contributed by atoms with Gasteiger partial charge in [0.1, 0.15) is 0 Å². The maximum absolute atomic E-state index is 11.5. The topological polar surface area (TPSA) is 46.3 Å². The number of nitrogens with zero attached hydrogens (tertiary/aromatic N) is 2. The number of hydrogen-bond donors (Lipinski definition) is 0. The third-order valence-corrected chi connectivity index (χ3v) is 5.92. The molecule has 1 amide bonds. The number of carbonyl (C=O) groups excluding carboxylic acids is 1. The molecule has 3 aromatic rings. The monoisotopic (exact) mass is 330 g/mol. The van der Waals surface area contributed by atoms with Crippen molar-refractivity contribution in [1.29, 1.82) is 0 Å². The van der Waals surface area contributed by atoms with Crippen LogP contribution < -0.4 is 0 Å². The first-order valence-corrected chi connectivity index (χ1v) is 8.77. The van der Waals surface area contributed by atoms with E-state index in [1.165, 1.54) is 15.3 Å². The van der Waals surface area contributed by atoms with Crippen LogP contribution in [0.15, 0.2) is 34.3 Å². The van der Waals surface area contributed by atoms with Crippen LogP contribution in [-0.4, -0.2) is 22.3 Å². The van der Waals surface area contributed by atoms with E-state index in [0.29, 0.717) is 0 Å². The van der Waals surface area contributed by atoms with Gasteiger partial charge in [-0.25, -0.2) is 4.98 Å². The van der Waals surface area contributed by atoms with Crippen molar-refractivity contribution in [3.8, 4) is 21.3 Å². The van der Waals surface area contributed by atoms with Gasteiger partial charge in [-0.2, -0.15) is 0 Å². The van der Waals surface area contributed by atoms with Gasteiger partial charge in [0.05, 0.1) is 16.8 Å². The molecule has 1 aliphatic heterocycles. The lowest BCUT2D eigenvalue weighted by atomic mass is 10.1. The zero-order valence-electron chi connectivity index (χ0n) is 12.0. The molecule has 0 spiro atoms. The molecule has 4 heterocycles. The fourth-order valence-electron chi connectivity index (χ4n) is 2.63. The molecule has 0 aliphatic carbocycles. The van der Waals surface area contributed by atoms with Crippen LogP contribution in [-0.2, 0) is 17.8 Å². The van der Waals surface area contributed by atoms with Crippen LogP contribution >= 0.6 is 22.7 Å². The summed E-state index contributed by atoms with van der Waals surface area (Å²) in [7, 11) is 0. The number of thiazole rings is 1. The quantitative estimate of drug-likeness (QED) is 0.712. The average Bonchev–Trinajstić information content (AvgIpc) is 3.24. The second-order valence-corrected chi connectivity index (χ2v) is 7.26. The lowest BCUT2D eigenvalue weighted by Gasteiger charge is -2.25. The van der Waals surface area contributed by atoms with E-state index in [-0.39, 0.29) is 5.91 Å². The molecule has 4 rings (SSSR count). The molecule has 0 atom stereocenters. The lowest BCUT2D eigenvalue weighted by molar-refractivity contribution is -0.129. The SMILES string of the molecule is CC(=O)N1CCc2sc(-c3csc(-c4ccco4)n3)cc2C1. The Morgan fingerprint density at radius 2 is 2.36 bits per heavy atom. The Morgan fingerprint density at radius 3 is 3.14 bits per heavy atom. The first kappa shape index (κ1) is 13.7. The van der Waals surface area contributed by atoms with Gasteiger partial charge >= 0.3 is 0 Å². The molecule has 0 aromatic carbocycles. The zero-order chi connectivity index (χ0) is 15.1. The molecule has 0 saturated carbocycles. The van der Waals surface area contributed by atoms with E-state index in [4.69, 9.17) is 4.42 Å². The van der Waals surface area contributed by atoms with Crippen molar-refractivity contribution in [1.82, 2.24) is 9.88 Å². The summed E-state index contributed by atoms with van der Waals surface area (Å²) < 4.78 is 5.40. The van der Waals surface area contributed by atoms with E-state index in [9.17, 15) is 4.79 Å². The Morgan fingerprint density at radius 1 is 1.45 bits per heavy atom. The highest BCUT2D eigenvalue weighted by atomic mass is 32.1. The van der Waals surface area contributed by atoms with Gasteiger partial charge < -0.3 is 9.32 Å². The van der Waals surface area contributed by atoms with Crippen LogP contribution in [0.1, 0.15) is 17.4 Å². The molecule has 112 valence electrons. The van der Waals surface area contributed by atoms with Crippen LogP contribution in [0.2, 0.25) is 0 Å². The van der Waals surface area contributed by atoms with Crippen LogP contribution in [0, 0.1) is 0 Å². The molecule has 0 bridgehead atoms. The maximum Gasteiger partial charge on any atom is 0.219 e. The fourth-order valence-corrected chi connectivity index (χ4v) is 4.61. The summed E-state index contributed by atoms with van der Waals surface area (Å²) in [5.74, 6) is 0.951. The van der Waals surface area contributed by atoms with E-state index in [1.54, 1.807) is 35.9 Å². The molecule has 0 fully saturated rings. The van der Waals surface area contributed by atoms with Gasteiger partial charge in [0.15, 0.2) is 10.8 Å². The summed E-state index contributed by atoms with van der Waals surface area (Å²) in [5, 5.41) is 2.97. The van der Waals surface area contributed by atoms with E-state index in [1.807, 2.05) is 17.0 Å². The van der Waals surface area contributed by atoms with E-state index < -0.39 is 0 Å². The van der Waals surface area contributed by atoms with Gasteiger partial charge in [-0.05, 0) is 30.2 Å².